The monoisotopic (exact) mass is 199 g/mol. The highest BCUT2D eigenvalue weighted by molar-refractivity contribution is 5.81. The Morgan fingerprint density at radius 2 is 2.36 bits per heavy atom. The number of carbonyl (C=O) groups excluding carboxylic acids is 1. The van der Waals surface area contributed by atoms with Crippen molar-refractivity contribution in [1.82, 2.24) is 5.32 Å². The van der Waals surface area contributed by atoms with Gasteiger partial charge < -0.3 is 15.2 Å². The van der Waals surface area contributed by atoms with Gasteiger partial charge in [-0.3, -0.25) is 4.79 Å². The molecule has 2 rings (SSSR count). The van der Waals surface area contributed by atoms with E-state index in [1.165, 1.54) is 0 Å². The van der Waals surface area contributed by atoms with Crippen LogP contribution in [0, 0.1) is 5.41 Å². The first-order valence-corrected chi connectivity index (χ1v) is 5.26. The smallest absolute Gasteiger partial charge is 0.249 e. The summed E-state index contributed by atoms with van der Waals surface area (Å²) < 4.78 is 5.26. The molecular weight excluding hydrogens is 182 g/mol. The second-order valence-electron chi connectivity index (χ2n) is 4.38. The van der Waals surface area contributed by atoms with Crippen LogP contribution in [-0.2, 0) is 9.53 Å². The van der Waals surface area contributed by atoms with Crippen LogP contribution < -0.4 is 5.32 Å². The van der Waals surface area contributed by atoms with Crippen LogP contribution in [0.5, 0.6) is 0 Å². The van der Waals surface area contributed by atoms with Gasteiger partial charge in [0.2, 0.25) is 5.91 Å². The SMILES string of the molecule is O=C(NCC1(CO)CC1)[C@@H]1CCCO1. The quantitative estimate of drug-likeness (QED) is 0.673. The zero-order valence-corrected chi connectivity index (χ0v) is 8.29. The Bertz CT molecular complexity index is 219. The largest absolute Gasteiger partial charge is 0.396 e. The standard InChI is InChI=1S/C10H17NO3/c12-7-10(3-4-10)6-11-9(13)8-2-1-5-14-8/h8,12H,1-7H2,(H,11,13)/t8-/m0/s1. The van der Waals surface area contributed by atoms with E-state index in [1.807, 2.05) is 0 Å². The molecule has 4 heteroatoms. The van der Waals surface area contributed by atoms with E-state index in [0.29, 0.717) is 13.2 Å². The molecule has 1 saturated carbocycles. The molecule has 0 bridgehead atoms. The fourth-order valence-corrected chi connectivity index (χ4v) is 1.74. The van der Waals surface area contributed by atoms with Gasteiger partial charge in [0.05, 0.1) is 6.61 Å². The molecule has 4 nitrogen and oxygen atoms in total. The van der Waals surface area contributed by atoms with E-state index >= 15 is 0 Å². The van der Waals surface area contributed by atoms with Gasteiger partial charge in [0.25, 0.3) is 0 Å². The highest BCUT2D eigenvalue weighted by Gasteiger charge is 2.42. The van der Waals surface area contributed by atoms with E-state index in [1.54, 1.807) is 0 Å². The van der Waals surface area contributed by atoms with E-state index in [4.69, 9.17) is 9.84 Å². The van der Waals surface area contributed by atoms with Crippen LogP contribution in [-0.4, -0.2) is 36.9 Å². The van der Waals surface area contributed by atoms with Crippen LogP contribution in [0.25, 0.3) is 0 Å². The predicted octanol–water partition coefficient (Wildman–Crippen LogP) is 0.0541. The molecule has 0 aromatic rings. The molecule has 0 spiro atoms. The van der Waals surface area contributed by atoms with Gasteiger partial charge in [-0.1, -0.05) is 0 Å². The number of aliphatic hydroxyl groups excluding tert-OH is 1. The predicted molar refractivity (Wildman–Crippen MR) is 50.7 cm³/mol. The molecule has 80 valence electrons. The van der Waals surface area contributed by atoms with E-state index in [2.05, 4.69) is 5.32 Å². The van der Waals surface area contributed by atoms with Crippen LogP contribution >= 0.6 is 0 Å². The molecule has 1 aliphatic heterocycles. The van der Waals surface area contributed by atoms with Gasteiger partial charge in [0.1, 0.15) is 6.10 Å². The maximum Gasteiger partial charge on any atom is 0.249 e. The second-order valence-corrected chi connectivity index (χ2v) is 4.38. The Kier molecular flexibility index (Phi) is 2.74. The van der Waals surface area contributed by atoms with Gasteiger partial charge in [-0.15, -0.1) is 0 Å². The number of carbonyl (C=O) groups is 1. The maximum absolute atomic E-state index is 11.5. The van der Waals surface area contributed by atoms with Gasteiger partial charge >= 0.3 is 0 Å². The lowest BCUT2D eigenvalue weighted by Gasteiger charge is -2.15. The van der Waals surface area contributed by atoms with Gasteiger partial charge in [-0.2, -0.15) is 0 Å². The van der Waals surface area contributed by atoms with Crippen molar-refractivity contribution in [3.05, 3.63) is 0 Å². The lowest BCUT2D eigenvalue weighted by Crippen LogP contribution is -2.38. The van der Waals surface area contributed by atoms with Crippen LogP contribution in [0.15, 0.2) is 0 Å². The molecule has 1 aliphatic carbocycles. The summed E-state index contributed by atoms with van der Waals surface area (Å²) in [4.78, 5) is 11.5. The van der Waals surface area contributed by atoms with Crippen molar-refractivity contribution in [3.8, 4) is 0 Å². The molecule has 0 unspecified atom stereocenters. The first kappa shape index (κ1) is 9.93. The summed E-state index contributed by atoms with van der Waals surface area (Å²) in [5.41, 5.74) is -0.00569. The van der Waals surface area contributed by atoms with E-state index < -0.39 is 0 Å². The first-order valence-electron chi connectivity index (χ1n) is 5.26. The van der Waals surface area contributed by atoms with Crippen molar-refractivity contribution in [2.45, 2.75) is 31.8 Å². The first-order chi connectivity index (χ1) is 6.76. The molecule has 14 heavy (non-hydrogen) atoms. The number of nitrogens with one attached hydrogen (secondary N) is 1. The third-order valence-corrected chi connectivity index (χ3v) is 3.15. The minimum atomic E-state index is -0.246. The summed E-state index contributed by atoms with van der Waals surface area (Å²) in [7, 11) is 0. The molecule has 1 saturated heterocycles. The molecule has 2 N–H and O–H groups in total. The minimum absolute atomic E-state index is 0.00569. The molecule has 1 atom stereocenters. The molecule has 1 amide bonds. The summed E-state index contributed by atoms with van der Waals surface area (Å²) >= 11 is 0. The number of amides is 1. The average molecular weight is 199 g/mol. The van der Waals surface area contributed by atoms with Gasteiger partial charge in [0.15, 0.2) is 0 Å². The normalized spacial score (nSPS) is 28.8. The van der Waals surface area contributed by atoms with Crippen molar-refractivity contribution >= 4 is 5.91 Å². The lowest BCUT2D eigenvalue weighted by atomic mass is 10.1. The second kappa shape index (κ2) is 3.87. The third kappa shape index (κ3) is 2.07. The number of hydrogen-bond donors (Lipinski definition) is 2. The van der Waals surface area contributed by atoms with Crippen LogP contribution in [0.4, 0.5) is 0 Å². The van der Waals surface area contributed by atoms with Crippen LogP contribution in [0.1, 0.15) is 25.7 Å². The van der Waals surface area contributed by atoms with E-state index in [9.17, 15) is 4.79 Å². The molecule has 0 radical (unpaired) electrons. The molecule has 2 aliphatic rings. The molecule has 0 aromatic heterocycles. The number of hydrogen-bond acceptors (Lipinski definition) is 3. The summed E-state index contributed by atoms with van der Waals surface area (Å²) in [6.07, 6.45) is 3.61. The Labute approximate surface area is 83.6 Å². The lowest BCUT2D eigenvalue weighted by molar-refractivity contribution is -0.130. The number of ether oxygens (including phenoxy) is 1. The fourth-order valence-electron chi connectivity index (χ4n) is 1.74. The third-order valence-electron chi connectivity index (χ3n) is 3.15. The van der Waals surface area contributed by atoms with Crippen molar-refractivity contribution in [3.63, 3.8) is 0 Å². The zero-order valence-electron chi connectivity index (χ0n) is 8.29. The molecule has 1 heterocycles. The van der Waals surface area contributed by atoms with Gasteiger partial charge in [0, 0.05) is 18.6 Å². The Hall–Kier alpha value is -0.610. The Morgan fingerprint density at radius 1 is 1.57 bits per heavy atom. The average Bonchev–Trinajstić information content (AvgIpc) is 2.78. The number of aliphatic hydroxyl groups is 1. The highest BCUT2D eigenvalue weighted by atomic mass is 16.5. The van der Waals surface area contributed by atoms with Crippen molar-refractivity contribution < 1.29 is 14.6 Å². The maximum atomic E-state index is 11.5. The number of rotatable bonds is 4. The van der Waals surface area contributed by atoms with E-state index in [0.717, 1.165) is 25.7 Å². The van der Waals surface area contributed by atoms with E-state index in [-0.39, 0.29) is 24.0 Å². The van der Waals surface area contributed by atoms with Crippen molar-refractivity contribution in [2.75, 3.05) is 19.8 Å². The topological polar surface area (TPSA) is 58.6 Å². The Morgan fingerprint density at radius 3 is 2.86 bits per heavy atom. The fraction of sp³-hybridized carbons (Fsp3) is 0.900. The van der Waals surface area contributed by atoms with Crippen molar-refractivity contribution in [1.29, 1.82) is 0 Å². The van der Waals surface area contributed by atoms with Crippen LogP contribution in [0.2, 0.25) is 0 Å². The summed E-state index contributed by atoms with van der Waals surface area (Å²) in [6, 6.07) is 0. The highest BCUT2D eigenvalue weighted by Crippen LogP contribution is 2.44. The molecule has 2 fully saturated rings. The summed E-state index contributed by atoms with van der Waals surface area (Å²) in [6.45, 7) is 1.48. The zero-order chi connectivity index (χ0) is 10.0. The summed E-state index contributed by atoms with van der Waals surface area (Å²) in [5, 5.41) is 11.9. The summed E-state index contributed by atoms with van der Waals surface area (Å²) in [5.74, 6) is -0.0118. The van der Waals surface area contributed by atoms with Gasteiger partial charge in [-0.05, 0) is 25.7 Å². The van der Waals surface area contributed by atoms with Crippen LogP contribution in [0.3, 0.4) is 0 Å². The molecule has 0 aromatic carbocycles. The Balaban J connectivity index is 1.72. The van der Waals surface area contributed by atoms with Gasteiger partial charge in [-0.25, -0.2) is 0 Å². The van der Waals surface area contributed by atoms with Crippen molar-refractivity contribution in [2.24, 2.45) is 5.41 Å². The minimum Gasteiger partial charge on any atom is -0.396 e. The molecular formula is C10H17NO3.